The molecule has 0 atom stereocenters. The Labute approximate surface area is 174 Å². The van der Waals surface area contributed by atoms with Crippen molar-refractivity contribution in [2.45, 2.75) is 32.4 Å². The number of hydrogen-bond donors (Lipinski definition) is 0. The predicted octanol–water partition coefficient (Wildman–Crippen LogP) is 7.75. The Bertz CT molecular complexity index is 1250. The van der Waals surface area contributed by atoms with E-state index in [4.69, 9.17) is 0 Å². The molecule has 0 fully saturated rings. The van der Waals surface area contributed by atoms with Crippen molar-refractivity contribution in [1.82, 2.24) is 0 Å². The molecule has 0 bridgehead atoms. The van der Waals surface area contributed by atoms with E-state index in [-0.39, 0.29) is 0 Å². The summed E-state index contributed by atoms with van der Waals surface area (Å²) in [5.74, 6) is 6.01. The van der Waals surface area contributed by atoms with Crippen molar-refractivity contribution in [3.63, 3.8) is 0 Å². The number of hydrogen-bond acceptors (Lipinski definition) is 0. The molecule has 30 heavy (non-hydrogen) atoms. The molecule has 4 rings (SSSR count). The van der Waals surface area contributed by atoms with Crippen LogP contribution in [0.15, 0.2) is 72.8 Å². The maximum Gasteiger partial charge on any atom is 0.416 e. The SMILES string of the molecule is CCCCc1ccc2c(ccc3cc(C#Cc4ccc(C(F)(F)F)cc4)ccc32)c1. The Morgan fingerprint density at radius 1 is 0.700 bits per heavy atom. The van der Waals surface area contributed by atoms with Crippen molar-refractivity contribution in [1.29, 1.82) is 0 Å². The highest BCUT2D eigenvalue weighted by atomic mass is 19.4. The quantitative estimate of drug-likeness (QED) is 0.243. The van der Waals surface area contributed by atoms with Gasteiger partial charge in [-0.3, -0.25) is 0 Å². The van der Waals surface area contributed by atoms with Crippen LogP contribution in [0.4, 0.5) is 13.2 Å². The van der Waals surface area contributed by atoms with Gasteiger partial charge in [0.25, 0.3) is 0 Å². The van der Waals surface area contributed by atoms with E-state index in [0.717, 1.165) is 29.5 Å². The normalized spacial score (nSPS) is 11.5. The third-order valence-corrected chi connectivity index (χ3v) is 5.28. The Hall–Kier alpha value is -3.25. The summed E-state index contributed by atoms with van der Waals surface area (Å²) in [6.45, 7) is 2.20. The fourth-order valence-corrected chi connectivity index (χ4v) is 3.62. The van der Waals surface area contributed by atoms with Gasteiger partial charge in [-0.25, -0.2) is 0 Å². The molecule has 0 saturated heterocycles. The van der Waals surface area contributed by atoms with E-state index < -0.39 is 11.7 Å². The molecule has 0 aliphatic heterocycles. The fourth-order valence-electron chi connectivity index (χ4n) is 3.62. The molecule has 0 aliphatic carbocycles. The van der Waals surface area contributed by atoms with Gasteiger partial charge in [0.2, 0.25) is 0 Å². The molecule has 0 unspecified atom stereocenters. The molecule has 3 heteroatoms. The summed E-state index contributed by atoms with van der Waals surface area (Å²) in [6, 6.07) is 21.9. The first-order valence-electron chi connectivity index (χ1n) is 10.1. The Balaban J connectivity index is 1.62. The molecule has 0 spiro atoms. The average molecular weight is 402 g/mol. The Kier molecular flexibility index (Phi) is 5.50. The highest BCUT2D eigenvalue weighted by Crippen LogP contribution is 2.29. The molecule has 0 amide bonds. The van der Waals surface area contributed by atoms with Crippen molar-refractivity contribution in [2.24, 2.45) is 0 Å². The highest BCUT2D eigenvalue weighted by molar-refractivity contribution is 6.07. The second-order valence-corrected chi connectivity index (χ2v) is 7.49. The van der Waals surface area contributed by atoms with E-state index in [1.807, 2.05) is 12.1 Å². The molecular formula is C27H21F3. The van der Waals surface area contributed by atoms with Crippen LogP contribution in [0, 0.1) is 11.8 Å². The van der Waals surface area contributed by atoms with Crippen molar-refractivity contribution < 1.29 is 13.2 Å². The van der Waals surface area contributed by atoms with Gasteiger partial charge in [0, 0.05) is 11.1 Å². The van der Waals surface area contributed by atoms with Crippen LogP contribution in [0.2, 0.25) is 0 Å². The maximum atomic E-state index is 12.7. The lowest BCUT2D eigenvalue weighted by Gasteiger charge is -2.07. The minimum Gasteiger partial charge on any atom is -0.166 e. The van der Waals surface area contributed by atoms with E-state index >= 15 is 0 Å². The molecule has 0 saturated carbocycles. The van der Waals surface area contributed by atoms with Crippen molar-refractivity contribution in [3.05, 3.63) is 95.1 Å². The maximum absolute atomic E-state index is 12.7. The monoisotopic (exact) mass is 402 g/mol. The lowest BCUT2D eigenvalue weighted by Crippen LogP contribution is -2.04. The van der Waals surface area contributed by atoms with Gasteiger partial charge in [-0.05, 0) is 76.3 Å². The standard InChI is InChI=1S/C27H21F3/c1-2-3-4-20-9-15-25-22(17-20)11-12-23-18-21(10-16-26(23)25)6-5-19-7-13-24(14-8-19)27(28,29)30/h7-18H,2-4H2,1H3. The van der Waals surface area contributed by atoms with Gasteiger partial charge in [0.1, 0.15) is 0 Å². The van der Waals surface area contributed by atoms with Crippen LogP contribution in [-0.4, -0.2) is 0 Å². The first kappa shape index (κ1) is 20.0. The van der Waals surface area contributed by atoms with Gasteiger partial charge < -0.3 is 0 Å². The Morgan fingerprint density at radius 3 is 1.97 bits per heavy atom. The summed E-state index contributed by atoms with van der Waals surface area (Å²) >= 11 is 0. The molecule has 0 heterocycles. The van der Waals surface area contributed by atoms with Crippen LogP contribution in [0.3, 0.4) is 0 Å². The topological polar surface area (TPSA) is 0 Å². The van der Waals surface area contributed by atoms with E-state index in [1.165, 1.54) is 46.7 Å². The fraction of sp³-hybridized carbons (Fsp3) is 0.185. The largest absolute Gasteiger partial charge is 0.416 e. The van der Waals surface area contributed by atoms with Gasteiger partial charge in [0.05, 0.1) is 5.56 Å². The number of aryl methyl sites for hydroxylation is 1. The average Bonchev–Trinajstić information content (AvgIpc) is 2.75. The van der Waals surface area contributed by atoms with E-state index in [0.29, 0.717) is 5.56 Å². The van der Waals surface area contributed by atoms with Crippen LogP contribution < -0.4 is 0 Å². The van der Waals surface area contributed by atoms with Crippen LogP contribution in [0.25, 0.3) is 21.5 Å². The Morgan fingerprint density at radius 2 is 1.30 bits per heavy atom. The molecule has 0 N–H and O–H groups in total. The van der Waals surface area contributed by atoms with Gasteiger partial charge in [0.15, 0.2) is 0 Å². The van der Waals surface area contributed by atoms with E-state index in [2.05, 4.69) is 55.2 Å². The number of halogens is 3. The smallest absolute Gasteiger partial charge is 0.166 e. The second kappa shape index (κ2) is 8.24. The number of benzene rings is 4. The molecule has 4 aromatic carbocycles. The van der Waals surface area contributed by atoms with Crippen LogP contribution >= 0.6 is 0 Å². The highest BCUT2D eigenvalue weighted by Gasteiger charge is 2.29. The lowest BCUT2D eigenvalue weighted by atomic mass is 9.97. The van der Waals surface area contributed by atoms with E-state index in [1.54, 1.807) is 0 Å². The van der Waals surface area contributed by atoms with Gasteiger partial charge in [-0.1, -0.05) is 61.6 Å². The van der Waals surface area contributed by atoms with E-state index in [9.17, 15) is 13.2 Å². The van der Waals surface area contributed by atoms with Gasteiger partial charge in [-0.15, -0.1) is 0 Å². The van der Waals surface area contributed by atoms with Gasteiger partial charge >= 0.3 is 6.18 Å². The van der Waals surface area contributed by atoms with Crippen molar-refractivity contribution in [3.8, 4) is 11.8 Å². The molecule has 0 aromatic heterocycles. The van der Waals surface area contributed by atoms with Crippen LogP contribution in [0.5, 0.6) is 0 Å². The number of alkyl halides is 3. The molecule has 150 valence electrons. The number of rotatable bonds is 3. The minimum atomic E-state index is -4.33. The zero-order valence-electron chi connectivity index (χ0n) is 16.7. The first-order valence-corrected chi connectivity index (χ1v) is 10.1. The van der Waals surface area contributed by atoms with Crippen LogP contribution in [-0.2, 0) is 12.6 Å². The number of unbranched alkanes of at least 4 members (excludes halogenated alkanes) is 1. The molecule has 0 aliphatic rings. The molecule has 4 aromatic rings. The summed E-state index contributed by atoms with van der Waals surface area (Å²) in [5, 5.41) is 4.73. The third kappa shape index (κ3) is 4.33. The van der Waals surface area contributed by atoms with Crippen LogP contribution in [0.1, 0.15) is 42.0 Å². The predicted molar refractivity (Wildman–Crippen MR) is 117 cm³/mol. The number of fused-ring (bicyclic) bond motifs is 3. The second-order valence-electron chi connectivity index (χ2n) is 7.49. The summed E-state index contributed by atoms with van der Waals surface area (Å²) in [4.78, 5) is 0. The minimum absolute atomic E-state index is 0.557. The van der Waals surface area contributed by atoms with Gasteiger partial charge in [-0.2, -0.15) is 13.2 Å². The zero-order valence-corrected chi connectivity index (χ0v) is 16.7. The van der Waals surface area contributed by atoms with Crippen molar-refractivity contribution >= 4 is 21.5 Å². The summed E-state index contributed by atoms with van der Waals surface area (Å²) in [5.41, 5.74) is 2.09. The third-order valence-electron chi connectivity index (χ3n) is 5.28. The summed E-state index contributed by atoms with van der Waals surface area (Å²) in [6.07, 6.45) is -0.848. The zero-order chi connectivity index (χ0) is 21.1. The molecule has 0 radical (unpaired) electrons. The summed E-state index contributed by atoms with van der Waals surface area (Å²) in [7, 11) is 0. The molecular weight excluding hydrogens is 381 g/mol. The lowest BCUT2D eigenvalue weighted by molar-refractivity contribution is -0.137. The first-order chi connectivity index (χ1) is 14.4. The summed E-state index contributed by atoms with van der Waals surface area (Å²) < 4.78 is 38.0. The van der Waals surface area contributed by atoms with Crippen molar-refractivity contribution in [2.75, 3.05) is 0 Å². The molecule has 0 nitrogen and oxygen atoms in total.